The number of anilines is 1. The van der Waals surface area contributed by atoms with Gasteiger partial charge in [-0.25, -0.2) is 4.98 Å². The van der Waals surface area contributed by atoms with Gasteiger partial charge in [0.2, 0.25) is 0 Å². The number of hydrogen-bond donors (Lipinski definition) is 1. The van der Waals surface area contributed by atoms with Crippen LogP contribution in [-0.4, -0.2) is 46.9 Å². The molecule has 1 saturated heterocycles. The number of pyridine rings is 1. The highest BCUT2D eigenvalue weighted by Crippen LogP contribution is 2.22. The van der Waals surface area contributed by atoms with E-state index in [9.17, 15) is 4.79 Å². The van der Waals surface area contributed by atoms with Crippen molar-refractivity contribution in [2.45, 2.75) is 12.2 Å². The third-order valence-electron chi connectivity index (χ3n) is 2.83. The second kappa shape index (κ2) is 5.80. The summed E-state index contributed by atoms with van der Waals surface area (Å²) < 4.78 is 0. The third kappa shape index (κ3) is 2.90. The zero-order valence-electron chi connectivity index (χ0n) is 10.4. The number of aromatic nitrogens is 1. The van der Waals surface area contributed by atoms with E-state index in [0.717, 1.165) is 18.8 Å². The maximum atomic E-state index is 12.4. The molecular weight excluding hydrogens is 270 g/mol. The van der Waals surface area contributed by atoms with Crippen molar-refractivity contribution in [1.29, 1.82) is 0 Å². The van der Waals surface area contributed by atoms with Crippen molar-refractivity contribution in [3.05, 3.63) is 22.8 Å². The van der Waals surface area contributed by atoms with Crippen LogP contribution >= 0.6 is 23.4 Å². The lowest BCUT2D eigenvalue weighted by Gasteiger charge is -2.30. The van der Waals surface area contributed by atoms with Gasteiger partial charge in [-0.05, 0) is 12.1 Å². The first-order valence-corrected chi connectivity index (χ1v) is 7.29. The number of carbonyl (C=O) groups excluding carboxylic acids is 1. The van der Waals surface area contributed by atoms with Crippen LogP contribution in [0, 0.1) is 0 Å². The molecule has 1 aliphatic rings. The van der Waals surface area contributed by atoms with E-state index in [0.29, 0.717) is 21.8 Å². The van der Waals surface area contributed by atoms with E-state index in [1.54, 1.807) is 19.2 Å². The minimum atomic E-state index is -0.0794. The molecule has 0 saturated carbocycles. The van der Waals surface area contributed by atoms with Crippen molar-refractivity contribution in [3.8, 4) is 0 Å². The molecule has 1 atom stereocenters. The van der Waals surface area contributed by atoms with Crippen LogP contribution in [0.15, 0.2) is 12.1 Å². The van der Waals surface area contributed by atoms with E-state index in [-0.39, 0.29) is 5.91 Å². The first-order chi connectivity index (χ1) is 8.61. The average molecular weight is 286 g/mol. The zero-order chi connectivity index (χ0) is 13.1. The van der Waals surface area contributed by atoms with Crippen molar-refractivity contribution in [2.24, 2.45) is 0 Å². The average Bonchev–Trinajstić information content (AvgIpc) is 2.38. The molecule has 1 N–H and O–H groups in total. The molecule has 6 heteroatoms. The predicted octanol–water partition coefficient (Wildman–Crippen LogP) is 2.35. The number of amides is 1. The van der Waals surface area contributed by atoms with E-state index in [1.165, 1.54) is 0 Å². The maximum absolute atomic E-state index is 12.4. The summed E-state index contributed by atoms with van der Waals surface area (Å²) in [6.45, 7) is 3.64. The second-order valence-electron chi connectivity index (χ2n) is 4.21. The highest BCUT2D eigenvalue weighted by molar-refractivity contribution is 7.99. The van der Waals surface area contributed by atoms with E-state index >= 15 is 0 Å². The molecule has 1 aromatic heterocycles. The first kappa shape index (κ1) is 13.5. The van der Waals surface area contributed by atoms with Crippen LogP contribution in [0.25, 0.3) is 0 Å². The summed E-state index contributed by atoms with van der Waals surface area (Å²) in [5.41, 5.74) is 0.336. The molecule has 0 radical (unpaired) electrons. The minimum Gasteiger partial charge on any atom is -0.373 e. The van der Waals surface area contributed by atoms with Crippen LogP contribution in [0.3, 0.4) is 0 Å². The molecule has 18 heavy (non-hydrogen) atoms. The lowest BCUT2D eigenvalue weighted by atomic mass is 10.2. The summed E-state index contributed by atoms with van der Waals surface area (Å²) in [5, 5.41) is 3.79. The smallest absolute Gasteiger partial charge is 0.274 e. The Balaban J connectivity index is 2.22. The highest BCUT2D eigenvalue weighted by atomic mass is 35.5. The summed E-state index contributed by atoms with van der Waals surface area (Å²) in [5.74, 6) is 1.54. The van der Waals surface area contributed by atoms with Crippen LogP contribution in [0.5, 0.6) is 0 Å². The molecular formula is C12H16ClN3OS. The number of hydrogen-bond acceptors (Lipinski definition) is 4. The molecule has 0 bridgehead atoms. The Bertz CT molecular complexity index is 455. The van der Waals surface area contributed by atoms with E-state index < -0.39 is 0 Å². The van der Waals surface area contributed by atoms with Gasteiger partial charge in [-0.1, -0.05) is 18.5 Å². The van der Waals surface area contributed by atoms with Crippen LogP contribution in [0.2, 0.25) is 5.02 Å². The monoisotopic (exact) mass is 285 g/mol. The summed E-state index contributed by atoms with van der Waals surface area (Å²) in [6, 6.07) is 3.46. The zero-order valence-corrected chi connectivity index (χ0v) is 12.0. The standard InChI is InChI=1S/C12H16ClN3OS/c1-8-7-16(5-6-18-8)12(17)11-9(13)3-4-10(14-2)15-11/h3-4,8H,5-7H2,1-2H3,(H,14,15). The van der Waals surface area contributed by atoms with Gasteiger partial charge < -0.3 is 10.2 Å². The van der Waals surface area contributed by atoms with E-state index in [4.69, 9.17) is 11.6 Å². The van der Waals surface area contributed by atoms with Crippen LogP contribution in [0.1, 0.15) is 17.4 Å². The van der Waals surface area contributed by atoms with E-state index in [1.807, 2.05) is 16.7 Å². The number of thioether (sulfide) groups is 1. The molecule has 2 heterocycles. The molecule has 2 rings (SSSR count). The number of rotatable bonds is 2. The molecule has 4 nitrogen and oxygen atoms in total. The number of halogens is 1. The summed E-state index contributed by atoms with van der Waals surface area (Å²) in [6.07, 6.45) is 0. The van der Waals surface area contributed by atoms with Crippen molar-refractivity contribution < 1.29 is 4.79 Å². The van der Waals surface area contributed by atoms with Gasteiger partial charge in [0, 0.05) is 31.1 Å². The second-order valence-corrected chi connectivity index (χ2v) is 6.16. The van der Waals surface area contributed by atoms with Crippen molar-refractivity contribution in [3.63, 3.8) is 0 Å². The molecule has 98 valence electrons. The first-order valence-electron chi connectivity index (χ1n) is 5.87. The quantitative estimate of drug-likeness (QED) is 0.906. The number of carbonyl (C=O) groups is 1. The minimum absolute atomic E-state index is 0.0794. The Hall–Kier alpha value is -0.940. The lowest BCUT2D eigenvalue weighted by molar-refractivity contribution is 0.0757. The predicted molar refractivity (Wildman–Crippen MR) is 76.6 cm³/mol. The normalized spacial score (nSPS) is 19.7. The van der Waals surface area contributed by atoms with E-state index in [2.05, 4.69) is 17.2 Å². The summed E-state index contributed by atoms with van der Waals surface area (Å²) in [4.78, 5) is 18.5. The summed E-state index contributed by atoms with van der Waals surface area (Å²) >= 11 is 7.95. The van der Waals surface area contributed by atoms with Crippen molar-refractivity contribution in [2.75, 3.05) is 31.2 Å². The van der Waals surface area contributed by atoms with Crippen LogP contribution in [-0.2, 0) is 0 Å². The Morgan fingerprint density at radius 3 is 3.06 bits per heavy atom. The van der Waals surface area contributed by atoms with Gasteiger partial charge in [-0.3, -0.25) is 4.79 Å². The fraction of sp³-hybridized carbons (Fsp3) is 0.500. The Morgan fingerprint density at radius 2 is 2.39 bits per heavy atom. The van der Waals surface area contributed by atoms with Crippen LogP contribution < -0.4 is 5.32 Å². The molecule has 1 aliphatic heterocycles. The van der Waals surface area contributed by atoms with Crippen molar-refractivity contribution >= 4 is 35.1 Å². The molecule has 1 amide bonds. The lowest BCUT2D eigenvalue weighted by Crippen LogP contribution is -2.41. The topological polar surface area (TPSA) is 45.2 Å². The van der Waals surface area contributed by atoms with Crippen LogP contribution in [0.4, 0.5) is 5.82 Å². The Morgan fingerprint density at radius 1 is 1.61 bits per heavy atom. The SMILES string of the molecule is CNc1ccc(Cl)c(C(=O)N2CCSC(C)C2)n1. The molecule has 1 unspecified atom stereocenters. The van der Waals surface area contributed by atoms with Gasteiger partial charge >= 0.3 is 0 Å². The fourth-order valence-corrected chi connectivity index (χ4v) is 3.08. The largest absolute Gasteiger partial charge is 0.373 e. The van der Waals surface area contributed by atoms with Gasteiger partial charge in [-0.15, -0.1) is 0 Å². The Labute approximate surface area is 116 Å². The fourth-order valence-electron chi connectivity index (χ4n) is 1.88. The summed E-state index contributed by atoms with van der Waals surface area (Å²) in [7, 11) is 1.77. The number of nitrogens with one attached hydrogen (secondary N) is 1. The molecule has 0 spiro atoms. The third-order valence-corrected chi connectivity index (χ3v) is 4.27. The van der Waals surface area contributed by atoms with Gasteiger partial charge in [-0.2, -0.15) is 11.8 Å². The molecule has 0 aromatic carbocycles. The number of nitrogens with zero attached hydrogens (tertiary/aromatic N) is 2. The van der Waals surface area contributed by atoms with Gasteiger partial charge in [0.15, 0.2) is 0 Å². The molecule has 1 aromatic rings. The highest BCUT2D eigenvalue weighted by Gasteiger charge is 2.25. The van der Waals surface area contributed by atoms with Crippen molar-refractivity contribution in [1.82, 2.24) is 9.88 Å². The van der Waals surface area contributed by atoms with Gasteiger partial charge in [0.25, 0.3) is 5.91 Å². The van der Waals surface area contributed by atoms with Gasteiger partial charge in [0.05, 0.1) is 5.02 Å². The maximum Gasteiger partial charge on any atom is 0.274 e. The molecule has 0 aliphatic carbocycles. The Kier molecular flexibility index (Phi) is 4.35. The van der Waals surface area contributed by atoms with Gasteiger partial charge in [0.1, 0.15) is 11.5 Å². The molecule has 1 fully saturated rings.